The molecule has 2 heteroatoms. The number of hydrogen-bond acceptors (Lipinski definition) is 2. The Hall–Kier alpha value is -1.46. The number of hydrogen-bond donors (Lipinski definition) is 0. The zero-order valence-corrected chi connectivity index (χ0v) is 13.0. The van der Waals surface area contributed by atoms with Crippen molar-refractivity contribution in [2.75, 3.05) is 5.75 Å². The van der Waals surface area contributed by atoms with Gasteiger partial charge in [-0.25, -0.2) is 0 Å². The maximum Gasteiger partial charge on any atom is 0.0683 e. The molecule has 0 spiro atoms. The summed E-state index contributed by atoms with van der Waals surface area (Å²) in [4.78, 5) is 1.34. The van der Waals surface area contributed by atoms with E-state index in [0.717, 1.165) is 18.6 Å². The highest BCUT2D eigenvalue weighted by atomic mass is 32.2. The first-order chi connectivity index (χ1) is 9.61. The van der Waals surface area contributed by atoms with Gasteiger partial charge in [-0.15, -0.1) is 11.8 Å². The minimum Gasteiger partial charge on any atom is -0.198 e. The molecule has 0 radical (unpaired) electrons. The fourth-order valence-electron chi connectivity index (χ4n) is 2.17. The zero-order valence-electron chi connectivity index (χ0n) is 12.2. The van der Waals surface area contributed by atoms with Crippen molar-refractivity contribution >= 4 is 22.5 Å². The Kier molecular flexibility index (Phi) is 5.09. The molecular weight excluding hydrogens is 262 g/mol. The summed E-state index contributed by atoms with van der Waals surface area (Å²) in [7, 11) is 0. The van der Waals surface area contributed by atoms with Gasteiger partial charge in [0.05, 0.1) is 11.5 Å². The van der Waals surface area contributed by atoms with E-state index in [9.17, 15) is 0 Å². The van der Waals surface area contributed by atoms with Gasteiger partial charge in [-0.3, -0.25) is 0 Å². The molecule has 0 N–H and O–H groups in total. The minimum atomic E-state index is -0.173. The maximum absolute atomic E-state index is 8.97. The minimum absolute atomic E-state index is 0.173. The van der Waals surface area contributed by atoms with E-state index in [-0.39, 0.29) is 5.41 Å². The Morgan fingerprint density at radius 2 is 1.80 bits per heavy atom. The molecule has 20 heavy (non-hydrogen) atoms. The van der Waals surface area contributed by atoms with Crippen molar-refractivity contribution in [3.63, 3.8) is 0 Å². The second-order valence-corrected chi connectivity index (χ2v) is 6.98. The van der Waals surface area contributed by atoms with Gasteiger partial charge in [0, 0.05) is 4.90 Å². The summed E-state index contributed by atoms with van der Waals surface area (Å²) in [6, 6.07) is 17.5. The van der Waals surface area contributed by atoms with Crippen LogP contribution in [0.25, 0.3) is 10.8 Å². The van der Waals surface area contributed by atoms with Crippen molar-refractivity contribution in [3.05, 3.63) is 42.5 Å². The summed E-state index contributed by atoms with van der Waals surface area (Å²) in [6.07, 6.45) is 3.28. The molecular formula is C18H21NS. The lowest BCUT2D eigenvalue weighted by Gasteiger charge is -2.14. The first-order valence-electron chi connectivity index (χ1n) is 7.14. The standard InChI is InChI=1S/C18H21NS/c1-18(2,14-19)11-5-6-12-20-17-10-9-15-7-3-4-8-16(15)13-17/h3-4,7-10,13H,5-6,11-12H2,1-2H3. The van der Waals surface area contributed by atoms with E-state index in [1.807, 2.05) is 25.6 Å². The molecule has 0 aliphatic heterocycles. The first-order valence-corrected chi connectivity index (χ1v) is 8.12. The van der Waals surface area contributed by atoms with Gasteiger partial charge in [0.15, 0.2) is 0 Å². The molecule has 2 aromatic rings. The molecule has 0 saturated carbocycles. The summed E-state index contributed by atoms with van der Waals surface area (Å²) in [5.74, 6) is 1.12. The van der Waals surface area contributed by atoms with Gasteiger partial charge in [-0.05, 0) is 55.3 Å². The topological polar surface area (TPSA) is 23.8 Å². The Morgan fingerprint density at radius 3 is 2.55 bits per heavy atom. The third kappa shape index (κ3) is 4.28. The predicted molar refractivity (Wildman–Crippen MR) is 87.9 cm³/mol. The molecule has 0 aliphatic rings. The van der Waals surface area contributed by atoms with Crippen LogP contribution in [0.5, 0.6) is 0 Å². The molecule has 0 fully saturated rings. The van der Waals surface area contributed by atoms with E-state index in [1.165, 1.54) is 22.1 Å². The SMILES string of the molecule is CC(C)(C#N)CCCCSc1ccc2ccccc2c1. The van der Waals surface area contributed by atoms with Crippen molar-refractivity contribution in [3.8, 4) is 6.07 Å². The van der Waals surface area contributed by atoms with Crippen LogP contribution in [0.1, 0.15) is 33.1 Å². The number of nitriles is 1. The Bertz CT molecular complexity index is 610. The van der Waals surface area contributed by atoms with Crippen LogP contribution < -0.4 is 0 Å². The quantitative estimate of drug-likeness (QED) is 0.505. The zero-order chi connectivity index (χ0) is 14.4. The lowest BCUT2D eigenvalue weighted by molar-refractivity contribution is 0.433. The van der Waals surface area contributed by atoms with Gasteiger partial charge in [0.1, 0.15) is 0 Å². The molecule has 0 unspecified atom stereocenters. The fraction of sp³-hybridized carbons (Fsp3) is 0.389. The number of nitrogens with zero attached hydrogens (tertiary/aromatic N) is 1. The third-order valence-electron chi connectivity index (χ3n) is 3.49. The molecule has 0 aliphatic carbocycles. The lowest BCUT2D eigenvalue weighted by Crippen LogP contribution is -2.07. The molecule has 0 atom stereocenters. The first kappa shape index (κ1) is 14.9. The van der Waals surface area contributed by atoms with E-state index < -0.39 is 0 Å². The van der Waals surface area contributed by atoms with E-state index in [4.69, 9.17) is 5.26 Å². The van der Waals surface area contributed by atoms with Crippen LogP contribution in [0.4, 0.5) is 0 Å². The summed E-state index contributed by atoms with van der Waals surface area (Å²) in [6.45, 7) is 4.03. The van der Waals surface area contributed by atoms with E-state index in [2.05, 4.69) is 48.5 Å². The second kappa shape index (κ2) is 6.81. The molecule has 0 heterocycles. The van der Waals surface area contributed by atoms with Crippen molar-refractivity contribution in [1.82, 2.24) is 0 Å². The molecule has 0 aromatic heterocycles. The molecule has 1 nitrogen and oxygen atoms in total. The maximum atomic E-state index is 8.97. The molecule has 2 rings (SSSR count). The van der Waals surface area contributed by atoms with Crippen LogP contribution in [0.15, 0.2) is 47.4 Å². The Balaban J connectivity index is 1.80. The van der Waals surface area contributed by atoms with Gasteiger partial charge in [-0.2, -0.15) is 5.26 Å². The molecule has 2 aromatic carbocycles. The van der Waals surface area contributed by atoms with Crippen molar-refractivity contribution in [1.29, 1.82) is 5.26 Å². The van der Waals surface area contributed by atoms with Crippen LogP contribution in [-0.4, -0.2) is 5.75 Å². The average Bonchev–Trinajstić information content (AvgIpc) is 2.46. The summed E-state index contributed by atoms with van der Waals surface area (Å²) < 4.78 is 0. The van der Waals surface area contributed by atoms with E-state index in [1.54, 1.807) is 0 Å². The van der Waals surface area contributed by atoms with Crippen molar-refractivity contribution in [2.45, 2.75) is 38.0 Å². The van der Waals surface area contributed by atoms with Crippen LogP contribution in [0, 0.1) is 16.7 Å². The number of rotatable bonds is 6. The lowest BCUT2D eigenvalue weighted by atomic mass is 9.89. The molecule has 0 bridgehead atoms. The summed E-state index contributed by atoms with van der Waals surface area (Å²) in [5, 5.41) is 11.6. The number of fused-ring (bicyclic) bond motifs is 1. The second-order valence-electron chi connectivity index (χ2n) is 5.81. The molecule has 0 saturated heterocycles. The van der Waals surface area contributed by atoms with Gasteiger partial charge < -0.3 is 0 Å². The van der Waals surface area contributed by atoms with E-state index >= 15 is 0 Å². The number of unbranched alkanes of at least 4 members (excludes halogenated alkanes) is 1. The largest absolute Gasteiger partial charge is 0.198 e. The Labute approximate surface area is 126 Å². The van der Waals surface area contributed by atoms with Crippen molar-refractivity contribution in [2.24, 2.45) is 5.41 Å². The van der Waals surface area contributed by atoms with Crippen molar-refractivity contribution < 1.29 is 0 Å². The number of benzene rings is 2. The normalized spacial score (nSPS) is 11.4. The van der Waals surface area contributed by atoms with Crippen LogP contribution in [0.3, 0.4) is 0 Å². The highest BCUT2D eigenvalue weighted by Crippen LogP contribution is 2.26. The highest BCUT2D eigenvalue weighted by Gasteiger charge is 2.15. The van der Waals surface area contributed by atoms with Crippen LogP contribution in [-0.2, 0) is 0 Å². The fourth-order valence-corrected chi connectivity index (χ4v) is 3.13. The smallest absolute Gasteiger partial charge is 0.0683 e. The Morgan fingerprint density at radius 1 is 1.05 bits per heavy atom. The monoisotopic (exact) mass is 283 g/mol. The predicted octanol–water partition coefficient (Wildman–Crippen LogP) is 5.65. The highest BCUT2D eigenvalue weighted by molar-refractivity contribution is 7.99. The van der Waals surface area contributed by atoms with Crippen LogP contribution in [0.2, 0.25) is 0 Å². The summed E-state index contributed by atoms with van der Waals surface area (Å²) in [5.41, 5.74) is -0.173. The van der Waals surface area contributed by atoms with E-state index in [0.29, 0.717) is 0 Å². The van der Waals surface area contributed by atoms with Gasteiger partial charge in [-0.1, -0.05) is 36.8 Å². The summed E-state index contributed by atoms with van der Waals surface area (Å²) >= 11 is 1.91. The van der Waals surface area contributed by atoms with Gasteiger partial charge >= 0.3 is 0 Å². The van der Waals surface area contributed by atoms with Gasteiger partial charge in [0.2, 0.25) is 0 Å². The number of thioether (sulfide) groups is 1. The molecule has 0 amide bonds. The third-order valence-corrected chi connectivity index (χ3v) is 4.57. The average molecular weight is 283 g/mol. The molecule has 104 valence electrons. The van der Waals surface area contributed by atoms with Crippen LogP contribution >= 0.6 is 11.8 Å². The van der Waals surface area contributed by atoms with Gasteiger partial charge in [0.25, 0.3) is 0 Å².